The molecule has 1 aromatic heterocycles. The summed E-state index contributed by atoms with van der Waals surface area (Å²) in [7, 11) is 0. The summed E-state index contributed by atoms with van der Waals surface area (Å²) >= 11 is 0. The third kappa shape index (κ3) is 5.10. The molecule has 2 amide bonds. The van der Waals surface area contributed by atoms with Gasteiger partial charge in [0.25, 0.3) is 11.8 Å². The molecule has 0 unspecified atom stereocenters. The number of rotatable bonds is 3. The molecule has 2 aromatic rings. The first kappa shape index (κ1) is 25.9. The number of nitrogens with zero attached hydrogens (tertiary/aromatic N) is 2. The molecule has 0 saturated carbocycles. The van der Waals surface area contributed by atoms with E-state index in [1.807, 2.05) is 45.4 Å². The first-order valence-corrected chi connectivity index (χ1v) is 7.63. The Hall–Kier alpha value is -2.30. The maximum Gasteiger partial charge on any atom is 2.00 e. The zero-order valence-corrected chi connectivity index (χ0v) is 16.3. The number of benzene rings is 1. The number of hydrogen-bond acceptors (Lipinski definition) is 3. The molecule has 1 aromatic carbocycles. The molecule has 26 heavy (non-hydrogen) atoms. The zero-order chi connectivity index (χ0) is 16.8. The number of fused-ring (bicyclic) bond motifs is 1. The topological polar surface area (TPSA) is 50.3 Å². The van der Waals surface area contributed by atoms with Crippen molar-refractivity contribution in [1.82, 2.24) is 4.98 Å². The minimum atomic E-state index is -0.328. The van der Waals surface area contributed by atoms with E-state index in [1.54, 1.807) is 36.4 Å². The van der Waals surface area contributed by atoms with Gasteiger partial charge in [0.2, 0.25) is 0 Å². The Bertz CT molecular complexity index is 722. The first-order chi connectivity index (χ1) is 11.2. The fraction of sp³-hybridized carbons (Fsp3) is 0.190. The molecule has 2 heterocycles. The van der Waals surface area contributed by atoms with Crippen LogP contribution in [-0.2, 0) is 18.6 Å². The quantitative estimate of drug-likeness (QED) is 0.534. The Morgan fingerprint density at radius 3 is 2.00 bits per heavy atom. The van der Waals surface area contributed by atoms with Crippen LogP contribution in [0.25, 0.3) is 6.08 Å². The average molecular weight is 389 g/mol. The molecule has 0 saturated heterocycles. The van der Waals surface area contributed by atoms with Crippen LogP contribution in [0.2, 0.25) is 0 Å². The zero-order valence-electron chi connectivity index (χ0n) is 14.9. The van der Waals surface area contributed by atoms with Crippen LogP contribution >= 0.6 is 0 Å². The van der Waals surface area contributed by atoms with Gasteiger partial charge in [-0.15, -0.1) is 6.92 Å². The number of carbonyl (C=O) groups excluding carboxylic acids is 2. The minimum absolute atomic E-state index is 0. The SMILES string of the molecule is C.CC.C[CH-]/C=C/c1cccc(N2C(=O)c3ccccc3C2=O)n1.[CH3-].[V+2]. The number of amides is 2. The fourth-order valence-corrected chi connectivity index (χ4v) is 2.25. The first-order valence-electron chi connectivity index (χ1n) is 7.63. The van der Waals surface area contributed by atoms with Crippen molar-refractivity contribution in [2.45, 2.75) is 28.2 Å². The second-order valence-electron chi connectivity index (χ2n) is 4.60. The van der Waals surface area contributed by atoms with Gasteiger partial charge in [-0.2, -0.15) is 6.08 Å². The van der Waals surface area contributed by atoms with Gasteiger partial charge in [-0.25, -0.2) is 22.4 Å². The number of aromatic nitrogens is 1. The van der Waals surface area contributed by atoms with E-state index >= 15 is 0 Å². The van der Waals surface area contributed by atoms with Crippen LogP contribution in [0.15, 0.2) is 48.5 Å². The Balaban J connectivity index is 0. The van der Waals surface area contributed by atoms with Gasteiger partial charge in [0, 0.05) is 0 Å². The third-order valence-electron chi connectivity index (χ3n) is 3.24. The number of hydrogen-bond donors (Lipinski definition) is 0. The number of allylic oxidation sites excluding steroid dienone is 1. The summed E-state index contributed by atoms with van der Waals surface area (Å²) in [4.78, 5) is 30.2. The van der Waals surface area contributed by atoms with Crippen LogP contribution in [-0.4, -0.2) is 16.8 Å². The molecule has 4 nitrogen and oxygen atoms in total. The molecular formula is C21H26N2O2V. The number of anilines is 1. The molecule has 137 valence electrons. The van der Waals surface area contributed by atoms with Crippen molar-refractivity contribution in [1.29, 1.82) is 0 Å². The van der Waals surface area contributed by atoms with E-state index < -0.39 is 0 Å². The minimum Gasteiger partial charge on any atom is -0.358 e. The van der Waals surface area contributed by atoms with Crippen molar-refractivity contribution in [2.75, 3.05) is 4.90 Å². The Morgan fingerprint density at radius 1 is 0.962 bits per heavy atom. The van der Waals surface area contributed by atoms with Crippen molar-refractivity contribution in [2.24, 2.45) is 0 Å². The van der Waals surface area contributed by atoms with Gasteiger partial charge < -0.3 is 7.43 Å². The van der Waals surface area contributed by atoms with Crippen LogP contribution in [0.1, 0.15) is 54.6 Å². The van der Waals surface area contributed by atoms with E-state index in [2.05, 4.69) is 4.98 Å². The predicted octanol–water partition coefficient (Wildman–Crippen LogP) is 5.23. The fourth-order valence-electron chi connectivity index (χ4n) is 2.25. The molecule has 0 spiro atoms. The molecule has 0 bridgehead atoms. The van der Waals surface area contributed by atoms with Crippen molar-refractivity contribution in [3.63, 3.8) is 0 Å². The van der Waals surface area contributed by atoms with Crippen LogP contribution in [0.3, 0.4) is 0 Å². The Morgan fingerprint density at radius 2 is 1.50 bits per heavy atom. The van der Waals surface area contributed by atoms with Crippen molar-refractivity contribution >= 4 is 23.7 Å². The summed E-state index contributed by atoms with van der Waals surface area (Å²) in [6.07, 6.45) is 5.56. The van der Waals surface area contributed by atoms with E-state index in [0.717, 1.165) is 4.90 Å². The number of pyridine rings is 1. The standard InChI is InChI=1S/C17H13N2O2.C2H6.CH4.CH3.V/c1-2-3-7-12-8-6-11-15(18-12)19-16(20)13-9-4-5-10-14(13)17(19)21;1-2;;;/h2-11H,1H3;1-2H3;1H4;1H3;/q-1;;;-1;+2/b7-3+;;;;. The second kappa shape index (κ2) is 12.1. The number of carbonyl (C=O) groups is 2. The molecule has 1 aliphatic rings. The molecule has 0 N–H and O–H groups in total. The molecule has 1 radical (unpaired) electrons. The van der Waals surface area contributed by atoms with Gasteiger partial charge in [0.05, 0.1) is 11.1 Å². The molecular weight excluding hydrogens is 363 g/mol. The normalized spacial score (nSPS) is 11.4. The maximum atomic E-state index is 12.4. The molecule has 1 aliphatic heterocycles. The van der Waals surface area contributed by atoms with E-state index in [0.29, 0.717) is 22.6 Å². The van der Waals surface area contributed by atoms with E-state index in [-0.39, 0.29) is 45.2 Å². The average Bonchev–Trinajstić information content (AvgIpc) is 2.86. The molecule has 0 atom stereocenters. The van der Waals surface area contributed by atoms with E-state index in [1.165, 1.54) is 0 Å². The van der Waals surface area contributed by atoms with Gasteiger partial charge in [0.1, 0.15) is 5.82 Å². The van der Waals surface area contributed by atoms with Gasteiger partial charge >= 0.3 is 18.6 Å². The van der Waals surface area contributed by atoms with Crippen LogP contribution in [0.4, 0.5) is 5.82 Å². The van der Waals surface area contributed by atoms with Crippen molar-refractivity contribution < 1.29 is 28.1 Å². The summed E-state index contributed by atoms with van der Waals surface area (Å²) in [5.74, 6) is -0.308. The van der Waals surface area contributed by atoms with Crippen LogP contribution in [0.5, 0.6) is 0 Å². The largest absolute Gasteiger partial charge is 2.00 e. The van der Waals surface area contributed by atoms with Crippen molar-refractivity contribution in [3.8, 4) is 0 Å². The summed E-state index contributed by atoms with van der Waals surface area (Å²) in [5.41, 5.74) is 1.54. The Labute approximate surface area is 169 Å². The van der Waals surface area contributed by atoms with Gasteiger partial charge in [-0.05, 0) is 23.9 Å². The second-order valence-corrected chi connectivity index (χ2v) is 4.60. The van der Waals surface area contributed by atoms with Gasteiger partial charge in [-0.3, -0.25) is 9.59 Å². The summed E-state index contributed by atoms with van der Waals surface area (Å²) < 4.78 is 0. The predicted molar refractivity (Wildman–Crippen MR) is 105 cm³/mol. The summed E-state index contributed by atoms with van der Waals surface area (Å²) in [5, 5.41) is 0. The van der Waals surface area contributed by atoms with Crippen LogP contribution in [0, 0.1) is 13.8 Å². The van der Waals surface area contributed by atoms with E-state index in [9.17, 15) is 9.59 Å². The monoisotopic (exact) mass is 389 g/mol. The third-order valence-corrected chi connectivity index (χ3v) is 3.24. The van der Waals surface area contributed by atoms with Gasteiger partial charge in [-0.1, -0.05) is 45.5 Å². The van der Waals surface area contributed by atoms with Crippen molar-refractivity contribution in [3.05, 3.63) is 79.2 Å². The molecule has 0 aliphatic carbocycles. The molecule has 3 rings (SSSR count). The van der Waals surface area contributed by atoms with E-state index in [4.69, 9.17) is 0 Å². The maximum absolute atomic E-state index is 12.4. The van der Waals surface area contributed by atoms with Gasteiger partial charge in [0.15, 0.2) is 0 Å². The number of imide groups is 1. The smallest absolute Gasteiger partial charge is 0.358 e. The summed E-state index contributed by atoms with van der Waals surface area (Å²) in [6, 6.07) is 12.1. The molecule has 5 heteroatoms. The summed E-state index contributed by atoms with van der Waals surface area (Å²) in [6.45, 7) is 5.91. The molecule has 0 fully saturated rings. The Kier molecular flexibility index (Phi) is 12.1. The van der Waals surface area contributed by atoms with Crippen LogP contribution < -0.4 is 4.90 Å².